The molecule has 0 aromatic heterocycles. The number of hydrogen-bond acceptors (Lipinski definition) is 0. The number of hydrogen-bond donors (Lipinski definition) is 0. The molecule has 1 rings (SSSR count). The molecule has 0 heterocycles. The minimum Gasteiger partial charge on any atom is -0.153 e. The second-order valence-corrected chi connectivity index (χ2v) is 5.28. The molecule has 0 saturated carbocycles. The summed E-state index contributed by atoms with van der Waals surface area (Å²) in [4.78, 5) is 0. The van der Waals surface area contributed by atoms with Crippen molar-refractivity contribution < 1.29 is 0 Å². The maximum absolute atomic E-state index is 2.73. The van der Waals surface area contributed by atoms with E-state index in [4.69, 9.17) is 0 Å². The minimum atomic E-state index is 0. The van der Waals surface area contributed by atoms with Gasteiger partial charge >= 0.3 is 0 Å². The van der Waals surface area contributed by atoms with Crippen molar-refractivity contribution in [1.82, 2.24) is 0 Å². The molecule has 0 radical (unpaired) electrons. The summed E-state index contributed by atoms with van der Waals surface area (Å²) in [7, 11) is 2.73. The molecule has 0 aliphatic rings. The molecular weight excluding hydrogens is 242 g/mol. The third-order valence-corrected chi connectivity index (χ3v) is 3.43. The maximum Gasteiger partial charge on any atom is -0.0279 e. The number of unbranched alkanes of at least 4 members (excludes halogenated alkanes) is 6. The molecule has 2 heteroatoms. The lowest BCUT2D eigenvalue weighted by atomic mass is 10.0. The van der Waals surface area contributed by atoms with Crippen molar-refractivity contribution in [3.63, 3.8) is 0 Å². The molecule has 1 aromatic carbocycles. The van der Waals surface area contributed by atoms with Crippen molar-refractivity contribution in [3.05, 3.63) is 29.8 Å². The molecule has 17 heavy (non-hydrogen) atoms. The second kappa shape index (κ2) is 11.2. The summed E-state index contributed by atoms with van der Waals surface area (Å²) < 4.78 is 0. The Morgan fingerprint density at radius 2 is 1.35 bits per heavy atom. The van der Waals surface area contributed by atoms with E-state index in [9.17, 15) is 0 Å². The lowest BCUT2D eigenvalue weighted by molar-refractivity contribution is 0.589. The molecule has 0 amide bonds. The predicted octanol–water partition coefficient (Wildman–Crippen LogP) is 4.54. The number of benzene rings is 1. The Labute approximate surface area is 113 Å². The molecule has 98 valence electrons. The van der Waals surface area contributed by atoms with Crippen LogP contribution in [0.1, 0.15) is 57.4 Å². The van der Waals surface area contributed by atoms with E-state index in [1.165, 1.54) is 62.2 Å². The smallest absolute Gasteiger partial charge is 0.0279 e. The van der Waals surface area contributed by atoms with Gasteiger partial charge in [0.15, 0.2) is 0 Å². The van der Waals surface area contributed by atoms with Crippen molar-refractivity contribution in [2.75, 3.05) is 0 Å². The number of rotatable bonds is 8. The average molecular weight is 270 g/mol. The Bertz CT molecular complexity index is 267. The topological polar surface area (TPSA) is 0 Å². The van der Waals surface area contributed by atoms with Crippen LogP contribution in [0.15, 0.2) is 24.3 Å². The molecule has 0 N–H and O–H groups in total. The molecule has 0 aliphatic heterocycles. The van der Waals surface area contributed by atoms with Gasteiger partial charge in [0.1, 0.15) is 0 Å². The zero-order valence-corrected chi connectivity index (χ0v) is 13.8. The van der Waals surface area contributed by atoms with E-state index in [2.05, 4.69) is 40.4 Å². The Morgan fingerprint density at radius 3 is 1.94 bits per heavy atom. The first-order valence-electron chi connectivity index (χ1n) is 6.67. The fraction of sp³-hybridized carbons (Fsp3) is 0.600. The van der Waals surface area contributed by atoms with Gasteiger partial charge in [0, 0.05) is 0 Å². The van der Waals surface area contributed by atoms with Gasteiger partial charge in [-0.05, 0) is 23.7 Å². The highest BCUT2D eigenvalue weighted by Crippen LogP contribution is 2.10. The third-order valence-electron chi connectivity index (χ3n) is 3.05. The maximum atomic E-state index is 2.73. The van der Waals surface area contributed by atoms with E-state index in [0.717, 1.165) is 0 Å². The van der Waals surface area contributed by atoms with E-state index in [1.807, 2.05) is 0 Å². The highest BCUT2D eigenvalue weighted by atomic mass is 31.0. The van der Waals surface area contributed by atoms with E-state index < -0.39 is 0 Å². The summed E-state index contributed by atoms with van der Waals surface area (Å²) in [5, 5.41) is 1.28. The molecular formula is C15H28P2. The highest BCUT2D eigenvalue weighted by Gasteiger charge is 1.94. The first kappa shape index (κ1) is 17.1. The largest absolute Gasteiger partial charge is 0.153 e. The standard InChI is InChI=1S/C15H25P.H3P/c1-2-3-4-5-6-7-8-9-14-10-12-15(16)13-11-14;/h10-13H,2-9,16H2,1H3;1H3. The molecule has 0 spiro atoms. The zero-order chi connectivity index (χ0) is 11.6. The Morgan fingerprint density at radius 1 is 0.824 bits per heavy atom. The van der Waals surface area contributed by atoms with Gasteiger partial charge in [-0.25, -0.2) is 0 Å². The summed E-state index contributed by atoms with van der Waals surface area (Å²) in [5.41, 5.74) is 1.49. The highest BCUT2D eigenvalue weighted by molar-refractivity contribution is 7.27. The Hall–Kier alpha value is 0.0800. The van der Waals surface area contributed by atoms with Gasteiger partial charge in [0.2, 0.25) is 0 Å². The van der Waals surface area contributed by atoms with Crippen molar-refractivity contribution in [1.29, 1.82) is 0 Å². The quantitative estimate of drug-likeness (QED) is 0.480. The fourth-order valence-electron chi connectivity index (χ4n) is 1.97. The van der Waals surface area contributed by atoms with E-state index in [-0.39, 0.29) is 9.90 Å². The first-order chi connectivity index (χ1) is 7.83. The SMILES string of the molecule is CCCCCCCCCc1ccc(P)cc1.P. The predicted molar refractivity (Wildman–Crippen MR) is 88.6 cm³/mol. The van der Waals surface area contributed by atoms with Crippen LogP contribution < -0.4 is 5.30 Å². The Kier molecular flexibility index (Phi) is 11.2. The summed E-state index contributed by atoms with van der Waals surface area (Å²) in [6.07, 6.45) is 11.0. The third kappa shape index (κ3) is 8.76. The minimum absolute atomic E-state index is 0. The van der Waals surface area contributed by atoms with Crippen molar-refractivity contribution in [2.45, 2.75) is 58.3 Å². The van der Waals surface area contributed by atoms with Crippen LogP contribution in [0.3, 0.4) is 0 Å². The number of aryl methyl sites for hydroxylation is 1. The van der Waals surface area contributed by atoms with E-state index >= 15 is 0 Å². The van der Waals surface area contributed by atoms with Crippen LogP contribution in [0, 0.1) is 0 Å². The lowest BCUT2D eigenvalue weighted by Crippen LogP contribution is -1.91. The van der Waals surface area contributed by atoms with Crippen LogP contribution in [0.25, 0.3) is 0 Å². The molecule has 0 fully saturated rings. The second-order valence-electron chi connectivity index (χ2n) is 4.61. The van der Waals surface area contributed by atoms with Gasteiger partial charge in [-0.3, -0.25) is 0 Å². The normalized spacial score (nSPS) is 10.0. The van der Waals surface area contributed by atoms with Crippen LogP contribution >= 0.6 is 19.1 Å². The van der Waals surface area contributed by atoms with Crippen molar-refractivity contribution in [2.24, 2.45) is 0 Å². The first-order valence-corrected chi connectivity index (χ1v) is 7.25. The summed E-state index contributed by atoms with van der Waals surface area (Å²) >= 11 is 0. The monoisotopic (exact) mass is 270 g/mol. The summed E-state index contributed by atoms with van der Waals surface area (Å²) in [5.74, 6) is 0. The molecule has 2 atom stereocenters. The van der Waals surface area contributed by atoms with Crippen LogP contribution in [0.2, 0.25) is 0 Å². The van der Waals surface area contributed by atoms with Crippen LogP contribution in [0.4, 0.5) is 0 Å². The molecule has 0 aliphatic carbocycles. The summed E-state index contributed by atoms with van der Waals surface area (Å²) in [6, 6.07) is 8.86. The molecule has 0 nitrogen and oxygen atoms in total. The van der Waals surface area contributed by atoms with Gasteiger partial charge in [0.25, 0.3) is 0 Å². The van der Waals surface area contributed by atoms with Crippen molar-refractivity contribution in [3.8, 4) is 0 Å². The van der Waals surface area contributed by atoms with Gasteiger partial charge in [0.05, 0.1) is 0 Å². The van der Waals surface area contributed by atoms with Gasteiger partial charge < -0.3 is 0 Å². The van der Waals surface area contributed by atoms with Gasteiger partial charge in [-0.15, -0.1) is 9.24 Å². The van der Waals surface area contributed by atoms with E-state index in [1.54, 1.807) is 0 Å². The molecule has 0 saturated heterocycles. The van der Waals surface area contributed by atoms with Gasteiger partial charge in [-0.1, -0.05) is 69.7 Å². The van der Waals surface area contributed by atoms with E-state index in [0.29, 0.717) is 0 Å². The fourth-order valence-corrected chi connectivity index (χ4v) is 2.16. The van der Waals surface area contributed by atoms with Crippen LogP contribution in [-0.2, 0) is 6.42 Å². The Balaban J connectivity index is 0.00000256. The van der Waals surface area contributed by atoms with Crippen LogP contribution in [-0.4, -0.2) is 0 Å². The zero-order valence-electron chi connectivity index (χ0n) is 11.3. The summed E-state index contributed by atoms with van der Waals surface area (Å²) in [6.45, 7) is 2.27. The average Bonchev–Trinajstić information content (AvgIpc) is 2.30. The van der Waals surface area contributed by atoms with Crippen LogP contribution in [0.5, 0.6) is 0 Å². The van der Waals surface area contributed by atoms with Gasteiger partial charge in [-0.2, -0.15) is 9.90 Å². The van der Waals surface area contributed by atoms with Crippen molar-refractivity contribution >= 4 is 24.4 Å². The lowest BCUT2D eigenvalue weighted by Gasteiger charge is -2.02. The molecule has 2 unspecified atom stereocenters. The molecule has 1 aromatic rings. The molecule has 0 bridgehead atoms.